The van der Waals surface area contributed by atoms with Crippen LogP contribution in [0.4, 0.5) is 4.79 Å². The first-order valence-corrected chi connectivity index (χ1v) is 6.64. The van der Waals surface area contributed by atoms with Gasteiger partial charge in [0.25, 0.3) is 0 Å². The fraction of sp³-hybridized carbons (Fsp3) is 0.846. The molecule has 2 unspecified atom stereocenters. The third kappa shape index (κ3) is 4.09. The molecule has 0 aromatic heterocycles. The average Bonchev–Trinajstić information content (AvgIpc) is 2.25. The predicted octanol–water partition coefficient (Wildman–Crippen LogP) is 1.02. The van der Waals surface area contributed by atoms with Gasteiger partial charge in [-0.2, -0.15) is 0 Å². The zero-order valence-corrected chi connectivity index (χ0v) is 12.0. The smallest absolute Gasteiger partial charge is 0.317 e. The minimum Gasteiger partial charge on any atom is -0.481 e. The summed E-state index contributed by atoms with van der Waals surface area (Å²) in [6.07, 6.45) is 0. The highest BCUT2D eigenvalue weighted by Crippen LogP contribution is 2.24. The lowest BCUT2D eigenvalue weighted by atomic mass is 9.87. The molecule has 1 heterocycles. The minimum atomic E-state index is -0.801. The van der Waals surface area contributed by atoms with Gasteiger partial charge in [-0.25, -0.2) is 4.79 Å². The monoisotopic (exact) mass is 272 g/mol. The van der Waals surface area contributed by atoms with Crippen molar-refractivity contribution in [1.29, 1.82) is 0 Å². The fourth-order valence-corrected chi connectivity index (χ4v) is 2.03. The second kappa shape index (κ2) is 6.75. The molecule has 6 nitrogen and oxygen atoms in total. The van der Waals surface area contributed by atoms with Crippen LogP contribution < -0.4 is 5.32 Å². The molecule has 1 aliphatic rings. The Labute approximate surface area is 114 Å². The van der Waals surface area contributed by atoms with E-state index >= 15 is 0 Å². The summed E-state index contributed by atoms with van der Waals surface area (Å²) in [6.45, 7) is 7.23. The van der Waals surface area contributed by atoms with Crippen LogP contribution in [-0.2, 0) is 9.53 Å². The van der Waals surface area contributed by atoms with Crippen LogP contribution in [0.1, 0.15) is 20.8 Å². The number of carboxylic acids is 1. The van der Waals surface area contributed by atoms with Gasteiger partial charge in [-0.05, 0) is 5.92 Å². The number of rotatable bonds is 6. The van der Waals surface area contributed by atoms with Crippen molar-refractivity contribution in [3.05, 3.63) is 0 Å². The number of likely N-dealkylation sites (tertiary alicyclic amines) is 1. The number of aliphatic carboxylic acids is 1. The predicted molar refractivity (Wildman–Crippen MR) is 70.9 cm³/mol. The zero-order valence-electron chi connectivity index (χ0n) is 12.0. The largest absolute Gasteiger partial charge is 0.481 e. The van der Waals surface area contributed by atoms with E-state index in [2.05, 4.69) is 5.32 Å². The maximum Gasteiger partial charge on any atom is 0.317 e. The van der Waals surface area contributed by atoms with E-state index in [9.17, 15) is 9.59 Å². The first-order chi connectivity index (χ1) is 8.86. The topological polar surface area (TPSA) is 78.9 Å². The number of carbonyl (C=O) groups is 2. The lowest BCUT2D eigenvalue weighted by Gasteiger charge is -2.41. The summed E-state index contributed by atoms with van der Waals surface area (Å²) in [6, 6.07) is -0.155. The Balaban J connectivity index is 2.39. The molecule has 2 N–H and O–H groups in total. The number of nitrogens with zero attached hydrogens (tertiary/aromatic N) is 1. The first kappa shape index (κ1) is 15.8. The molecule has 6 heteroatoms. The van der Waals surface area contributed by atoms with Crippen molar-refractivity contribution < 1.29 is 19.4 Å². The summed E-state index contributed by atoms with van der Waals surface area (Å²) in [5.41, 5.74) is 0. The highest BCUT2D eigenvalue weighted by atomic mass is 16.5. The van der Waals surface area contributed by atoms with Crippen LogP contribution in [0.25, 0.3) is 0 Å². The number of nitrogens with one attached hydrogen (secondary N) is 1. The highest BCUT2D eigenvalue weighted by molar-refractivity contribution is 5.76. The number of ether oxygens (including phenoxy) is 1. The average molecular weight is 272 g/mol. The fourth-order valence-electron chi connectivity index (χ4n) is 2.03. The van der Waals surface area contributed by atoms with Gasteiger partial charge in [0.15, 0.2) is 0 Å². The summed E-state index contributed by atoms with van der Waals surface area (Å²) >= 11 is 0. The molecule has 0 aliphatic carbocycles. The van der Waals surface area contributed by atoms with E-state index < -0.39 is 11.9 Å². The van der Waals surface area contributed by atoms with Crippen LogP contribution in [0.2, 0.25) is 0 Å². The van der Waals surface area contributed by atoms with Crippen molar-refractivity contribution in [3.63, 3.8) is 0 Å². The van der Waals surface area contributed by atoms with Gasteiger partial charge in [0.2, 0.25) is 0 Å². The molecule has 0 bridgehead atoms. The number of carbonyl (C=O) groups excluding carboxylic acids is 1. The molecule has 2 amide bonds. The van der Waals surface area contributed by atoms with E-state index in [-0.39, 0.29) is 18.0 Å². The molecule has 19 heavy (non-hydrogen) atoms. The molecule has 0 aromatic rings. The van der Waals surface area contributed by atoms with Gasteiger partial charge in [0.1, 0.15) is 0 Å². The molecule has 1 saturated heterocycles. The Bertz CT molecular complexity index is 327. The van der Waals surface area contributed by atoms with Crippen LogP contribution >= 0.6 is 0 Å². The molecule has 2 atom stereocenters. The lowest BCUT2D eigenvalue weighted by molar-refractivity contribution is -0.144. The highest BCUT2D eigenvalue weighted by Gasteiger charge is 2.37. The molecule has 1 rings (SSSR count). The molecular weight excluding hydrogens is 248 g/mol. The standard InChI is InChI=1S/C13H24N2O4/c1-8(2)11(7-19-4)14-13(18)15-5-10(6-15)9(3)12(16)17/h8-11H,5-7H2,1-4H3,(H,14,18)(H,16,17). The van der Waals surface area contributed by atoms with E-state index in [4.69, 9.17) is 9.84 Å². The van der Waals surface area contributed by atoms with Gasteiger partial charge < -0.3 is 20.1 Å². The molecule has 1 fully saturated rings. The number of amides is 2. The van der Waals surface area contributed by atoms with E-state index in [1.165, 1.54) is 0 Å². The number of carboxylic acid groups (broad SMARTS) is 1. The van der Waals surface area contributed by atoms with Crippen molar-refractivity contribution >= 4 is 12.0 Å². The SMILES string of the molecule is COCC(NC(=O)N1CC(C(C)C(=O)O)C1)C(C)C. The maximum atomic E-state index is 12.0. The van der Waals surface area contributed by atoms with Gasteiger partial charge in [-0.15, -0.1) is 0 Å². The second-order valence-corrected chi connectivity index (χ2v) is 5.55. The lowest BCUT2D eigenvalue weighted by Crippen LogP contribution is -2.58. The normalized spacial score (nSPS) is 18.9. The Morgan fingerprint density at radius 2 is 1.95 bits per heavy atom. The van der Waals surface area contributed by atoms with Crippen molar-refractivity contribution in [2.75, 3.05) is 26.8 Å². The van der Waals surface area contributed by atoms with Crippen molar-refractivity contribution in [2.24, 2.45) is 17.8 Å². The molecule has 110 valence electrons. The van der Waals surface area contributed by atoms with Crippen molar-refractivity contribution in [1.82, 2.24) is 10.2 Å². The maximum absolute atomic E-state index is 12.0. The van der Waals surface area contributed by atoms with Crippen LogP contribution in [0.5, 0.6) is 0 Å². The number of methoxy groups -OCH3 is 1. The van der Waals surface area contributed by atoms with E-state index in [1.807, 2.05) is 13.8 Å². The summed E-state index contributed by atoms with van der Waals surface area (Å²) in [4.78, 5) is 24.4. The molecule has 0 aromatic carbocycles. The minimum absolute atomic E-state index is 0.0200. The van der Waals surface area contributed by atoms with Crippen molar-refractivity contribution in [2.45, 2.75) is 26.8 Å². The van der Waals surface area contributed by atoms with Crippen LogP contribution in [-0.4, -0.2) is 54.9 Å². The second-order valence-electron chi connectivity index (χ2n) is 5.55. The van der Waals surface area contributed by atoms with Gasteiger partial charge in [0.05, 0.1) is 18.6 Å². The number of hydrogen-bond donors (Lipinski definition) is 2. The Kier molecular flexibility index (Phi) is 5.60. The van der Waals surface area contributed by atoms with Crippen LogP contribution in [0.3, 0.4) is 0 Å². The van der Waals surface area contributed by atoms with Gasteiger partial charge in [-0.1, -0.05) is 20.8 Å². The third-order valence-corrected chi connectivity index (χ3v) is 3.75. The summed E-state index contributed by atoms with van der Waals surface area (Å²) in [5.74, 6) is -0.851. The summed E-state index contributed by atoms with van der Waals surface area (Å²) in [7, 11) is 1.61. The van der Waals surface area contributed by atoms with Crippen LogP contribution in [0.15, 0.2) is 0 Å². The van der Waals surface area contributed by atoms with E-state index in [0.717, 1.165) is 0 Å². The number of urea groups is 1. The Morgan fingerprint density at radius 3 is 2.37 bits per heavy atom. The quantitative estimate of drug-likeness (QED) is 0.756. The van der Waals surface area contributed by atoms with Gasteiger partial charge in [-0.3, -0.25) is 4.79 Å². The van der Waals surface area contributed by atoms with Gasteiger partial charge in [0, 0.05) is 26.1 Å². The summed E-state index contributed by atoms with van der Waals surface area (Å²) < 4.78 is 5.08. The first-order valence-electron chi connectivity index (χ1n) is 6.64. The van der Waals surface area contributed by atoms with Crippen LogP contribution in [0, 0.1) is 17.8 Å². The number of hydrogen-bond acceptors (Lipinski definition) is 3. The van der Waals surface area contributed by atoms with E-state index in [1.54, 1.807) is 18.9 Å². The van der Waals surface area contributed by atoms with E-state index in [0.29, 0.717) is 25.6 Å². The third-order valence-electron chi connectivity index (χ3n) is 3.75. The van der Waals surface area contributed by atoms with Crippen molar-refractivity contribution in [3.8, 4) is 0 Å². The molecule has 0 radical (unpaired) electrons. The molecule has 0 spiro atoms. The Morgan fingerprint density at radius 1 is 1.37 bits per heavy atom. The zero-order chi connectivity index (χ0) is 14.6. The van der Waals surface area contributed by atoms with Gasteiger partial charge >= 0.3 is 12.0 Å². The molecular formula is C13H24N2O4. The summed E-state index contributed by atoms with van der Waals surface area (Å²) in [5, 5.41) is 11.8. The molecule has 0 saturated carbocycles. The molecule has 1 aliphatic heterocycles. The Hall–Kier alpha value is -1.30.